The zero-order valence-electron chi connectivity index (χ0n) is 16.7. The van der Waals surface area contributed by atoms with Crippen molar-refractivity contribution in [3.05, 3.63) is 39.4 Å². The van der Waals surface area contributed by atoms with Crippen molar-refractivity contribution in [2.24, 2.45) is 0 Å². The van der Waals surface area contributed by atoms with Crippen LogP contribution in [0.15, 0.2) is 16.9 Å². The molecule has 2 aliphatic rings. The summed E-state index contributed by atoms with van der Waals surface area (Å²) in [6, 6.07) is 3.92. The van der Waals surface area contributed by atoms with Crippen LogP contribution in [0.2, 0.25) is 0 Å². The number of piperidine rings is 1. The second kappa shape index (κ2) is 7.28. The maximum atomic E-state index is 14.3. The number of rotatable bonds is 4. The molecule has 3 heterocycles. The second-order valence-electron chi connectivity index (χ2n) is 8.19. The normalized spacial score (nSPS) is 24.6. The van der Waals surface area contributed by atoms with Gasteiger partial charge in [0, 0.05) is 24.7 Å². The molecule has 0 spiro atoms. The Morgan fingerprint density at radius 2 is 2.00 bits per heavy atom. The van der Waals surface area contributed by atoms with Gasteiger partial charge in [0.25, 0.3) is 5.91 Å². The van der Waals surface area contributed by atoms with Gasteiger partial charge in [0.2, 0.25) is 5.43 Å². The van der Waals surface area contributed by atoms with Crippen LogP contribution >= 0.6 is 0 Å². The fourth-order valence-corrected chi connectivity index (χ4v) is 4.94. The van der Waals surface area contributed by atoms with Gasteiger partial charge in [-0.1, -0.05) is 13.0 Å². The number of carbonyl (C=O) groups excluding carboxylic acids is 1. The molecule has 2 aliphatic heterocycles. The number of carbonyl (C=O) groups is 1. The lowest BCUT2D eigenvalue weighted by molar-refractivity contribution is 0.0477. The molecule has 1 N–H and O–H groups in total. The van der Waals surface area contributed by atoms with Gasteiger partial charge < -0.3 is 9.80 Å². The summed E-state index contributed by atoms with van der Waals surface area (Å²) in [4.78, 5) is 30.5. The van der Waals surface area contributed by atoms with Crippen LogP contribution in [0.1, 0.15) is 55.1 Å². The molecule has 2 fully saturated rings. The zero-order chi connectivity index (χ0) is 20.0. The molecule has 2 saturated heterocycles. The largest absolute Gasteiger partial charge is 0.334 e. The van der Waals surface area contributed by atoms with Gasteiger partial charge in [0.1, 0.15) is 5.82 Å². The van der Waals surface area contributed by atoms with Crippen LogP contribution in [0, 0.1) is 12.7 Å². The van der Waals surface area contributed by atoms with Crippen LogP contribution in [0.4, 0.5) is 4.39 Å². The molecule has 28 heavy (non-hydrogen) atoms. The maximum Gasteiger partial charge on any atom is 0.278 e. The summed E-state index contributed by atoms with van der Waals surface area (Å²) in [5.41, 5.74) is 0.229. The number of nitrogens with zero attached hydrogens (tertiary/aromatic N) is 3. The van der Waals surface area contributed by atoms with E-state index in [2.05, 4.69) is 22.1 Å². The molecule has 2 aromatic rings. The van der Waals surface area contributed by atoms with Gasteiger partial charge in [-0.15, -0.1) is 0 Å². The van der Waals surface area contributed by atoms with E-state index in [1.54, 1.807) is 17.9 Å². The minimum atomic E-state index is -0.628. The van der Waals surface area contributed by atoms with E-state index in [1.807, 2.05) is 6.92 Å². The maximum absolute atomic E-state index is 14.3. The molecule has 0 saturated carbocycles. The molecular formula is C21H27FN4O2. The quantitative estimate of drug-likeness (QED) is 0.877. The third kappa shape index (κ3) is 3.02. The minimum Gasteiger partial charge on any atom is -0.334 e. The number of hydrogen-bond donors (Lipinski definition) is 1. The first kappa shape index (κ1) is 19.1. The van der Waals surface area contributed by atoms with Gasteiger partial charge in [0.15, 0.2) is 5.69 Å². The zero-order valence-corrected chi connectivity index (χ0v) is 16.7. The molecule has 0 aliphatic carbocycles. The first-order valence-corrected chi connectivity index (χ1v) is 10.1. The van der Waals surface area contributed by atoms with Crippen molar-refractivity contribution in [1.82, 2.24) is 20.0 Å². The van der Waals surface area contributed by atoms with Crippen molar-refractivity contribution < 1.29 is 9.18 Å². The fourth-order valence-electron chi connectivity index (χ4n) is 4.94. The molecule has 150 valence electrons. The lowest BCUT2D eigenvalue weighted by atomic mass is 9.96. The highest BCUT2D eigenvalue weighted by atomic mass is 19.1. The number of aromatic amines is 1. The van der Waals surface area contributed by atoms with Gasteiger partial charge in [-0.3, -0.25) is 14.7 Å². The summed E-state index contributed by atoms with van der Waals surface area (Å²) < 4.78 is 14.3. The fraction of sp³-hybridized carbons (Fsp3) is 0.571. The molecule has 7 heteroatoms. The Morgan fingerprint density at radius 1 is 1.32 bits per heavy atom. The Morgan fingerprint density at radius 3 is 2.64 bits per heavy atom. The third-order valence-electron chi connectivity index (χ3n) is 6.53. The Kier molecular flexibility index (Phi) is 4.95. The van der Waals surface area contributed by atoms with E-state index in [9.17, 15) is 14.0 Å². The Balaban J connectivity index is 1.71. The molecule has 0 radical (unpaired) electrons. The number of amides is 1. The smallest absolute Gasteiger partial charge is 0.278 e. The van der Waals surface area contributed by atoms with E-state index < -0.39 is 11.2 Å². The van der Waals surface area contributed by atoms with Crippen LogP contribution < -0.4 is 5.43 Å². The van der Waals surface area contributed by atoms with Crippen molar-refractivity contribution in [3.63, 3.8) is 0 Å². The second-order valence-corrected chi connectivity index (χ2v) is 8.19. The van der Waals surface area contributed by atoms with Gasteiger partial charge >= 0.3 is 0 Å². The average Bonchev–Trinajstić information content (AvgIpc) is 2.89. The van der Waals surface area contributed by atoms with E-state index in [-0.39, 0.29) is 23.0 Å². The predicted octanol–water partition coefficient (Wildman–Crippen LogP) is 2.85. The van der Waals surface area contributed by atoms with Crippen molar-refractivity contribution >= 4 is 16.8 Å². The summed E-state index contributed by atoms with van der Waals surface area (Å²) in [6.07, 6.45) is 4.94. The topological polar surface area (TPSA) is 69.3 Å². The Hall–Kier alpha value is -2.28. The number of H-pyrrole nitrogens is 1. The van der Waals surface area contributed by atoms with Gasteiger partial charge in [-0.05, 0) is 57.7 Å². The van der Waals surface area contributed by atoms with E-state index in [4.69, 9.17) is 0 Å². The third-order valence-corrected chi connectivity index (χ3v) is 6.53. The number of benzene rings is 1. The van der Waals surface area contributed by atoms with Crippen molar-refractivity contribution in [1.29, 1.82) is 0 Å². The summed E-state index contributed by atoms with van der Waals surface area (Å²) >= 11 is 0. The van der Waals surface area contributed by atoms with Crippen molar-refractivity contribution in [2.75, 3.05) is 13.6 Å². The lowest BCUT2D eigenvalue weighted by Gasteiger charge is -2.41. The molecule has 1 aromatic heterocycles. The highest BCUT2D eigenvalue weighted by Crippen LogP contribution is 2.36. The van der Waals surface area contributed by atoms with Gasteiger partial charge in [-0.2, -0.15) is 5.10 Å². The monoisotopic (exact) mass is 386 g/mol. The molecule has 2 unspecified atom stereocenters. The predicted molar refractivity (Wildman–Crippen MR) is 106 cm³/mol. The van der Waals surface area contributed by atoms with Crippen molar-refractivity contribution in [3.8, 4) is 0 Å². The van der Waals surface area contributed by atoms with Gasteiger partial charge in [-0.25, -0.2) is 4.39 Å². The number of halogens is 1. The highest BCUT2D eigenvalue weighted by molar-refractivity contribution is 5.96. The Labute approximate surface area is 163 Å². The number of aromatic nitrogens is 2. The molecule has 1 amide bonds. The van der Waals surface area contributed by atoms with Crippen molar-refractivity contribution in [2.45, 2.75) is 64.1 Å². The van der Waals surface area contributed by atoms with Crippen LogP contribution in [0.3, 0.4) is 0 Å². The number of aryl methyl sites for hydroxylation is 1. The molecular weight excluding hydrogens is 359 g/mol. The molecule has 6 nitrogen and oxygen atoms in total. The van der Waals surface area contributed by atoms with Crippen LogP contribution in [-0.2, 0) is 0 Å². The average molecular weight is 386 g/mol. The first-order valence-electron chi connectivity index (χ1n) is 10.1. The van der Waals surface area contributed by atoms with E-state index in [0.717, 1.165) is 37.7 Å². The summed E-state index contributed by atoms with van der Waals surface area (Å²) in [5.74, 6) is -1.02. The molecule has 1 aromatic carbocycles. The number of hydrogen-bond acceptors (Lipinski definition) is 4. The SMILES string of the molecule is CCCN(C(=O)c1n[nH]c2c(C)ccc(F)c2c1=O)C1CC2CCC(C1)N2C. The van der Waals surface area contributed by atoms with Crippen LogP contribution in [0.5, 0.6) is 0 Å². The minimum absolute atomic E-state index is 0.0850. The standard InChI is InChI=1S/C21H27FN4O2/c1-4-9-26(15-10-13-6-7-14(11-15)25(13)3)21(28)19-20(27)17-16(22)8-5-12(2)18(17)23-24-19/h5,8,13-15H,4,6-7,9-11H2,1-3H3,(H,23,27). The highest BCUT2D eigenvalue weighted by Gasteiger charge is 2.42. The summed E-state index contributed by atoms with van der Waals surface area (Å²) in [6.45, 7) is 4.37. The Bertz CT molecular complexity index is 959. The summed E-state index contributed by atoms with van der Waals surface area (Å²) in [5, 5.41) is 6.73. The number of nitrogens with one attached hydrogen (secondary N) is 1. The van der Waals surface area contributed by atoms with E-state index >= 15 is 0 Å². The molecule has 2 bridgehead atoms. The van der Waals surface area contributed by atoms with Crippen LogP contribution in [0.25, 0.3) is 10.9 Å². The molecule has 2 atom stereocenters. The molecule has 4 rings (SSSR count). The summed E-state index contributed by atoms with van der Waals surface area (Å²) in [7, 11) is 2.16. The van der Waals surface area contributed by atoms with Gasteiger partial charge in [0.05, 0.1) is 10.9 Å². The van der Waals surface area contributed by atoms with E-state index in [1.165, 1.54) is 6.07 Å². The number of fused-ring (bicyclic) bond motifs is 3. The van der Waals surface area contributed by atoms with Crippen LogP contribution in [-0.4, -0.2) is 57.6 Å². The van der Waals surface area contributed by atoms with E-state index in [0.29, 0.717) is 24.1 Å². The lowest BCUT2D eigenvalue weighted by Crippen LogP contribution is -2.51. The first-order chi connectivity index (χ1) is 13.4.